The van der Waals surface area contributed by atoms with Crippen molar-refractivity contribution in [3.05, 3.63) is 0 Å². The highest BCUT2D eigenvalue weighted by molar-refractivity contribution is 8.26. The highest BCUT2D eigenvalue weighted by atomic mass is 32.3. The van der Waals surface area contributed by atoms with Gasteiger partial charge >= 0.3 is 20.1 Å². The minimum atomic E-state index is -8.28. The number of hydrogen-bond acceptors (Lipinski definition) is 8. The van der Waals surface area contributed by atoms with E-state index in [0.29, 0.717) is 0 Å². The Bertz CT molecular complexity index is 693. The van der Waals surface area contributed by atoms with E-state index in [4.69, 9.17) is 0 Å². The van der Waals surface area contributed by atoms with Crippen molar-refractivity contribution in [3.63, 3.8) is 0 Å². The molecule has 0 aromatic carbocycles. The van der Waals surface area contributed by atoms with Crippen molar-refractivity contribution >= 4 is 29.5 Å². The molecule has 3 N–H and O–H groups in total. The van der Waals surface area contributed by atoms with Gasteiger partial charge in [-0.3, -0.25) is 5.84 Å². The fraction of sp³-hybridized carbons (Fsp3) is 1.00. The maximum Gasteiger partial charge on any atom is 0.501 e. The van der Waals surface area contributed by atoms with Crippen LogP contribution in [0.3, 0.4) is 0 Å². The lowest BCUT2D eigenvalue weighted by Crippen LogP contribution is -2.72. The summed E-state index contributed by atoms with van der Waals surface area (Å²) in [4.78, 5) is 0. The zero-order chi connectivity index (χ0) is 20.2. The number of sulfone groups is 3. The molecule has 0 aromatic heterocycles. The van der Waals surface area contributed by atoms with Crippen LogP contribution in [0.1, 0.15) is 0 Å². The molecule has 0 unspecified atom stereocenters. The molecule has 0 aliphatic heterocycles. The number of hydrogen-bond donors (Lipinski definition) is 2. The van der Waals surface area contributed by atoms with Gasteiger partial charge in [0.05, 0.1) is 0 Å². The Balaban J connectivity index is 7.69. The Labute approximate surface area is 126 Å². The average molecular weight is 442 g/mol. The molecule has 0 fully saturated rings. The molecule has 0 atom stereocenters. The third-order valence-corrected chi connectivity index (χ3v) is 10.4. The van der Waals surface area contributed by atoms with Crippen molar-refractivity contribution in [1.29, 1.82) is 0 Å². The van der Waals surface area contributed by atoms with Crippen LogP contribution >= 0.6 is 0 Å². The van der Waals surface area contributed by atoms with Gasteiger partial charge in [-0.05, 0) is 0 Å². The summed E-state index contributed by atoms with van der Waals surface area (Å²) in [5, 5.41) is 0. The standard InChI is InChI=1S/C4H3F9N2O6S3/c5-1(6,7)22(16,17)4(15-14,23(18,19)2(8,9)10)24(20,21)3(11,12)13/h15H,14H2. The van der Waals surface area contributed by atoms with Gasteiger partial charge in [0.2, 0.25) is 0 Å². The number of nitrogens with two attached hydrogens (primary N) is 1. The van der Waals surface area contributed by atoms with E-state index < -0.39 is 55.0 Å². The number of hydrazine groups is 1. The fourth-order valence-electron chi connectivity index (χ4n) is 1.12. The van der Waals surface area contributed by atoms with Gasteiger partial charge in [-0.15, -0.1) is 0 Å². The maximum absolute atomic E-state index is 12.4. The summed E-state index contributed by atoms with van der Waals surface area (Å²) in [6.07, 6.45) is 0. The number of nitrogens with one attached hydrogen (secondary N) is 1. The molecular weight excluding hydrogens is 439 g/mol. The van der Waals surface area contributed by atoms with Crippen LogP contribution in [0.15, 0.2) is 0 Å². The fourth-order valence-corrected chi connectivity index (χ4v) is 7.67. The Morgan fingerprint density at radius 3 is 0.792 bits per heavy atom. The Morgan fingerprint density at radius 1 is 0.542 bits per heavy atom. The first-order chi connectivity index (χ1) is 10.1. The number of rotatable bonds is 4. The van der Waals surface area contributed by atoms with Gasteiger partial charge in [-0.1, -0.05) is 0 Å². The normalized spacial score (nSPS) is 16.2. The predicted molar refractivity (Wildman–Crippen MR) is 55.0 cm³/mol. The van der Waals surface area contributed by atoms with E-state index in [1.54, 1.807) is 0 Å². The second-order valence-electron chi connectivity index (χ2n) is 3.55. The van der Waals surface area contributed by atoms with Crippen molar-refractivity contribution in [3.8, 4) is 0 Å². The molecule has 0 amide bonds. The van der Waals surface area contributed by atoms with E-state index in [0.717, 1.165) is 0 Å². The molecule has 24 heavy (non-hydrogen) atoms. The van der Waals surface area contributed by atoms with Gasteiger partial charge in [0.1, 0.15) is 0 Å². The molecule has 0 heterocycles. The summed E-state index contributed by atoms with van der Waals surface area (Å²) in [6.45, 7) is 0. The van der Waals surface area contributed by atoms with E-state index in [-0.39, 0.29) is 0 Å². The van der Waals surface area contributed by atoms with Crippen LogP contribution in [0.2, 0.25) is 0 Å². The van der Waals surface area contributed by atoms with Gasteiger partial charge in [0, 0.05) is 0 Å². The number of alkyl halides is 9. The van der Waals surface area contributed by atoms with Crippen LogP contribution in [0.25, 0.3) is 0 Å². The lowest BCUT2D eigenvalue weighted by molar-refractivity contribution is -0.0522. The summed E-state index contributed by atoms with van der Waals surface area (Å²) in [5.74, 6) is 3.87. The van der Waals surface area contributed by atoms with Crippen LogP contribution in [-0.4, -0.2) is 45.3 Å². The molecule has 0 saturated heterocycles. The minimum Gasteiger partial charge on any atom is -0.268 e. The van der Waals surface area contributed by atoms with Gasteiger partial charge in [0.15, 0.2) is 0 Å². The molecule has 146 valence electrons. The van der Waals surface area contributed by atoms with Crippen LogP contribution in [0.4, 0.5) is 39.5 Å². The topological polar surface area (TPSA) is 140 Å². The molecule has 8 nitrogen and oxygen atoms in total. The molecule has 0 aliphatic rings. The van der Waals surface area contributed by atoms with Gasteiger partial charge < -0.3 is 0 Å². The van der Waals surface area contributed by atoms with Crippen LogP contribution in [0, 0.1) is 0 Å². The zero-order valence-electron chi connectivity index (χ0n) is 10.2. The van der Waals surface area contributed by atoms with Gasteiger partial charge in [0.25, 0.3) is 29.5 Å². The number of halogens is 9. The van der Waals surface area contributed by atoms with Crippen LogP contribution in [0.5, 0.6) is 0 Å². The third kappa shape index (κ3) is 2.72. The molecule has 20 heteroatoms. The van der Waals surface area contributed by atoms with Crippen LogP contribution < -0.4 is 11.3 Å². The highest BCUT2D eigenvalue weighted by Crippen LogP contribution is 2.48. The first-order valence-corrected chi connectivity index (χ1v) is 8.91. The molecular formula is C4H3F9N2O6S3. The van der Waals surface area contributed by atoms with Crippen molar-refractivity contribution in [2.24, 2.45) is 5.84 Å². The van der Waals surface area contributed by atoms with Crippen molar-refractivity contribution in [2.75, 3.05) is 0 Å². The van der Waals surface area contributed by atoms with Gasteiger partial charge in [-0.25, -0.2) is 30.7 Å². The first-order valence-electron chi connectivity index (χ1n) is 4.46. The van der Waals surface area contributed by atoms with E-state index in [1.807, 2.05) is 0 Å². The van der Waals surface area contributed by atoms with Gasteiger partial charge in [-0.2, -0.15) is 39.5 Å². The smallest absolute Gasteiger partial charge is 0.268 e. The summed E-state index contributed by atoms with van der Waals surface area (Å²) in [6, 6.07) is 0. The molecule has 0 aromatic rings. The molecule has 0 spiro atoms. The second-order valence-corrected chi connectivity index (χ2v) is 10.6. The molecule has 0 radical (unpaired) electrons. The monoisotopic (exact) mass is 442 g/mol. The average Bonchev–Trinajstić information content (AvgIpc) is 2.24. The van der Waals surface area contributed by atoms with E-state index in [9.17, 15) is 64.8 Å². The highest BCUT2D eigenvalue weighted by Gasteiger charge is 2.83. The summed E-state index contributed by atoms with van der Waals surface area (Å²) < 4.78 is 171. The largest absolute Gasteiger partial charge is 0.501 e. The second kappa shape index (κ2) is 5.57. The zero-order valence-corrected chi connectivity index (χ0v) is 12.6. The maximum atomic E-state index is 12.4. The SMILES string of the molecule is NNC(S(=O)(=O)C(F)(F)F)(S(=O)(=O)C(F)(F)F)S(=O)(=O)C(F)(F)F. The van der Waals surface area contributed by atoms with E-state index in [2.05, 4.69) is 5.84 Å². The Morgan fingerprint density at radius 2 is 0.708 bits per heavy atom. The van der Waals surface area contributed by atoms with Crippen molar-refractivity contribution < 1.29 is 64.8 Å². The van der Waals surface area contributed by atoms with Crippen molar-refractivity contribution in [2.45, 2.75) is 20.1 Å². The quantitative estimate of drug-likeness (QED) is 0.349. The lowest BCUT2D eigenvalue weighted by atomic mass is 11.4. The third-order valence-electron chi connectivity index (χ3n) is 2.15. The van der Waals surface area contributed by atoms with Crippen LogP contribution in [-0.2, 0) is 29.5 Å². The first kappa shape index (κ1) is 23.1. The summed E-state index contributed by atoms with van der Waals surface area (Å²) in [7, 11) is -24.9. The molecule has 0 aliphatic carbocycles. The minimum absolute atomic E-state index is 0.468. The lowest BCUT2D eigenvalue weighted by Gasteiger charge is -2.32. The Hall–Kier alpha value is -0.860. The van der Waals surface area contributed by atoms with E-state index >= 15 is 0 Å². The summed E-state index contributed by atoms with van der Waals surface area (Å²) >= 11 is 0. The Kier molecular flexibility index (Phi) is 5.37. The summed E-state index contributed by atoms with van der Waals surface area (Å²) in [5.41, 5.74) is -22.1. The molecule has 0 saturated carbocycles. The van der Waals surface area contributed by atoms with Crippen molar-refractivity contribution in [1.82, 2.24) is 5.43 Å². The predicted octanol–water partition coefficient (Wildman–Crippen LogP) is -0.135. The van der Waals surface area contributed by atoms with E-state index in [1.165, 1.54) is 0 Å². The molecule has 0 bridgehead atoms. The molecule has 0 rings (SSSR count).